The normalized spacial score (nSPS) is 12.1. The topological polar surface area (TPSA) is 77.5 Å². The van der Waals surface area contributed by atoms with Gasteiger partial charge in [-0.05, 0) is 37.5 Å². The van der Waals surface area contributed by atoms with E-state index in [9.17, 15) is 9.59 Å². The van der Waals surface area contributed by atoms with Gasteiger partial charge in [0.15, 0.2) is 7.85 Å². The van der Waals surface area contributed by atoms with Crippen molar-refractivity contribution in [3.05, 3.63) is 59.8 Å². The fourth-order valence-corrected chi connectivity index (χ4v) is 2.33. The number of esters is 1. The number of rotatable bonds is 6. The lowest BCUT2D eigenvalue weighted by Gasteiger charge is -2.24. The molecule has 7 heteroatoms. The average Bonchev–Trinajstić information content (AvgIpc) is 2.60. The number of aromatic nitrogens is 1. The summed E-state index contributed by atoms with van der Waals surface area (Å²) in [6.07, 6.45) is 1.28. The van der Waals surface area contributed by atoms with Gasteiger partial charge in [0.05, 0.1) is 0 Å². The maximum absolute atomic E-state index is 12.5. The van der Waals surface area contributed by atoms with Crippen molar-refractivity contribution in [3.63, 3.8) is 0 Å². The first-order valence-corrected chi connectivity index (χ1v) is 8.84. The predicted molar refractivity (Wildman–Crippen MR) is 106 cm³/mol. The van der Waals surface area contributed by atoms with Gasteiger partial charge in [0.2, 0.25) is 0 Å². The summed E-state index contributed by atoms with van der Waals surface area (Å²) in [7, 11) is 1.88. The average molecular weight is 368 g/mol. The molecule has 0 aliphatic rings. The zero-order valence-electron chi connectivity index (χ0n) is 16.2. The first-order valence-electron chi connectivity index (χ1n) is 8.84. The van der Waals surface area contributed by atoms with E-state index >= 15 is 0 Å². The van der Waals surface area contributed by atoms with Crippen molar-refractivity contribution in [1.29, 1.82) is 0 Å². The largest absolute Gasteiger partial charge is 0.458 e. The molecular formula is C20H25BN2O4. The number of nitrogens with one attached hydrogen (secondary N) is 1. The Hall–Kier alpha value is -2.83. The van der Waals surface area contributed by atoms with Gasteiger partial charge in [-0.15, -0.1) is 0 Å². The number of alkyl carbamates (subject to hydrolysis) is 1. The smallest absolute Gasteiger partial charge is 0.408 e. The molecule has 0 fully saturated rings. The first kappa shape index (κ1) is 20.5. The van der Waals surface area contributed by atoms with Gasteiger partial charge >= 0.3 is 12.1 Å². The van der Waals surface area contributed by atoms with E-state index in [4.69, 9.17) is 9.47 Å². The van der Waals surface area contributed by atoms with E-state index in [0.717, 1.165) is 16.7 Å². The standard InChI is InChI=1S/C20H25BN2O4/c1-20(2,3)27-18(24)16(11-15-9-10-17(21)22-12-15)23-19(25)26-13-14-7-5-4-6-8-14/h4-10,12,16H,11,13,21H2,1-3H3,(H,23,25). The maximum Gasteiger partial charge on any atom is 0.408 e. The van der Waals surface area contributed by atoms with Crippen LogP contribution in [0.1, 0.15) is 31.9 Å². The molecule has 6 nitrogen and oxygen atoms in total. The Balaban J connectivity index is 2.02. The second-order valence-corrected chi connectivity index (χ2v) is 7.30. The van der Waals surface area contributed by atoms with E-state index < -0.39 is 23.7 Å². The van der Waals surface area contributed by atoms with Crippen LogP contribution in [-0.2, 0) is 27.3 Å². The number of carbonyl (C=O) groups excluding carboxylic acids is 2. The maximum atomic E-state index is 12.5. The van der Waals surface area contributed by atoms with E-state index in [2.05, 4.69) is 10.3 Å². The van der Waals surface area contributed by atoms with Crippen LogP contribution in [0, 0.1) is 0 Å². The Morgan fingerprint density at radius 1 is 1.11 bits per heavy atom. The monoisotopic (exact) mass is 368 g/mol. The minimum absolute atomic E-state index is 0.125. The molecule has 1 aromatic carbocycles. The third kappa shape index (κ3) is 7.52. The number of hydrogen-bond acceptors (Lipinski definition) is 5. The van der Waals surface area contributed by atoms with Gasteiger partial charge in [-0.3, -0.25) is 4.98 Å². The molecule has 0 aliphatic carbocycles. The molecule has 27 heavy (non-hydrogen) atoms. The summed E-state index contributed by atoms with van der Waals surface area (Å²) in [5.41, 5.74) is 1.91. The number of amides is 1. The van der Waals surface area contributed by atoms with Gasteiger partial charge in [-0.1, -0.05) is 42.5 Å². The first-order chi connectivity index (χ1) is 12.7. The lowest BCUT2D eigenvalue weighted by Crippen LogP contribution is -2.45. The summed E-state index contributed by atoms with van der Waals surface area (Å²) in [6.45, 7) is 5.47. The van der Waals surface area contributed by atoms with Gasteiger partial charge in [0.1, 0.15) is 18.2 Å². The third-order valence-corrected chi connectivity index (χ3v) is 3.61. The van der Waals surface area contributed by atoms with Gasteiger partial charge < -0.3 is 14.8 Å². The summed E-state index contributed by atoms with van der Waals surface area (Å²) in [5, 5.41) is 2.61. The van der Waals surface area contributed by atoms with Crippen molar-refractivity contribution < 1.29 is 19.1 Å². The third-order valence-electron chi connectivity index (χ3n) is 3.61. The summed E-state index contributed by atoms with van der Waals surface area (Å²) in [6, 6.07) is 12.2. The quantitative estimate of drug-likeness (QED) is 0.618. The fourth-order valence-electron chi connectivity index (χ4n) is 2.33. The van der Waals surface area contributed by atoms with Crippen molar-refractivity contribution in [2.45, 2.75) is 45.4 Å². The minimum Gasteiger partial charge on any atom is -0.458 e. The predicted octanol–water partition coefficient (Wildman–Crippen LogP) is 1.52. The highest BCUT2D eigenvalue weighted by Crippen LogP contribution is 2.11. The molecule has 0 saturated carbocycles. The highest BCUT2D eigenvalue weighted by Gasteiger charge is 2.27. The van der Waals surface area contributed by atoms with Crippen molar-refractivity contribution in [1.82, 2.24) is 10.3 Å². The Kier molecular flexibility index (Phi) is 6.99. The molecule has 0 spiro atoms. The molecule has 142 valence electrons. The van der Waals surface area contributed by atoms with Crippen LogP contribution < -0.4 is 10.9 Å². The Labute approximate surface area is 160 Å². The molecule has 1 N–H and O–H groups in total. The Morgan fingerprint density at radius 2 is 1.81 bits per heavy atom. The van der Waals surface area contributed by atoms with E-state index in [1.165, 1.54) is 0 Å². The lowest BCUT2D eigenvalue weighted by molar-refractivity contribution is -0.157. The molecule has 1 heterocycles. The molecule has 0 radical (unpaired) electrons. The van der Waals surface area contributed by atoms with Crippen LogP contribution in [0.2, 0.25) is 0 Å². The number of hydrogen-bond donors (Lipinski definition) is 1. The number of pyridine rings is 1. The lowest BCUT2D eigenvalue weighted by atomic mass is 10.0. The highest BCUT2D eigenvalue weighted by atomic mass is 16.6. The molecule has 0 aliphatic heterocycles. The highest BCUT2D eigenvalue weighted by molar-refractivity contribution is 6.30. The molecule has 2 aromatic rings. The summed E-state index contributed by atoms with van der Waals surface area (Å²) >= 11 is 0. The fraction of sp³-hybridized carbons (Fsp3) is 0.350. The van der Waals surface area contributed by atoms with E-state index in [1.807, 2.05) is 50.3 Å². The van der Waals surface area contributed by atoms with Crippen molar-refractivity contribution in [3.8, 4) is 0 Å². The van der Waals surface area contributed by atoms with Gasteiger partial charge in [-0.2, -0.15) is 0 Å². The molecule has 1 unspecified atom stereocenters. The molecule has 1 atom stereocenters. The molecule has 1 aromatic heterocycles. The molecule has 0 saturated heterocycles. The van der Waals surface area contributed by atoms with Crippen LogP contribution >= 0.6 is 0 Å². The zero-order chi connectivity index (χ0) is 19.9. The summed E-state index contributed by atoms with van der Waals surface area (Å²) < 4.78 is 10.7. The molecule has 2 rings (SSSR count). The number of ether oxygens (including phenoxy) is 2. The van der Waals surface area contributed by atoms with E-state index in [1.54, 1.807) is 27.0 Å². The van der Waals surface area contributed by atoms with Crippen LogP contribution in [0.25, 0.3) is 0 Å². The van der Waals surface area contributed by atoms with Gasteiger partial charge in [-0.25, -0.2) is 9.59 Å². The Morgan fingerprint density at radius 3 is 2.41 bits per heavy atom. The second kappa shape index (κ2) is 9.21. The van der Waals surface area contributed by atoms with Crippen molar-refractivity contribution >= 4 is 25.5 Å². The number of nitrogens with zero attached hydrogens (tertiary/aromatic N) is 1. The van der Waals surface area contributed by atoms with Crippen LogP contribution in [-0.4, -0.2) is 36.5 Å². The second-order valence-electron chi connectivity index (χ2n) is 7.30. The van der Waals surface area contributed by atoms with Gasteiger partial charge in [0, 0.05) is 12.6 Å². The molecule has 0 bridgehead atoms. The molecule has 1 amide bonds. The SMILES string of the molecule is Bc1ccc(CC(NC(=O)OCc2ccccc2)C(=O)OC(C)(C)C)cn1. The van der Waals surface area contributed by atoms with E-state index in [0.29, 0.717) is 0 Å². The van der Waals surface area contributed by atoms with E-state index in [-0.39, 0.29) is 13.0 Å². The zero-order valence-corrected chi connectivity index (χ0v) is 16.2. The summed E-state index contributed by atoms with van der Waals surface area (Å²) in [5.74, 6) is -0.514. The molecular weight excluding hydrogens is 343 g/mol. The van der Waals surface area contributed by atoms with Crippen LogP contribution in [0.5, 0.6) is 0 Å². The van der Waals surface area contributed by atoms with Crippen molar-refractivity contribution in [2.24, 2.45) is 0 Å². The van der Waals surface area contributed by atoms with Crippen LogP contribution in [0.3, 0.4) is 0 Å². The Bertz CT molecular complexity index is 758. The summed E-state index contributed by atoms with van der Waals surface area (Å²) in [4.78, 5) is 28.9. The van der Waals surface area contributed by atoms with Crippen LogP contribution in [0.15, 0.2) is 48.7 Å². The number of carbonyl (C=O) groups is 2. The van der Waals surface area contributed by atoms with Crippen molar-refractivity contribution in [2.75, 3.05) is 0 Å². The van der Waals surface area contributed by atoms with Gasteiger partial charge in [0.25, 0.3) is 0 Å². The number of benzene rings is 1. The van der Waals surface area contributed by atoms with Crippen LogP contribution in [0.4, 0.5) is 4.79 Å². The minimum atomic E-state index is -0.864.